The van der Waals surface area contributed by atoms with Crippen LogP contribution >= 0.6 is 0 Å². The van der Waals surface area contributed by atoms with Gasteiger partial charge in [-0.1, -0.05) is 95.9 Å². The number of rotatable bonds is 10. The molecule has 3 aromatic rings. The van der Waals surface area contributed by atoms with Crippen LogP contribution in [0.3, 0.4) is 0 Å². The molecular weight excluding hydrogens is 636 g/mol. The number of aliphatic imine (C=N–C) groups is 1. The van der Waals surface area contributed by atoms with Crippen molar-refractivity contribution >= 4 is 29.1 Å². The summed E-state index contributed by atoms with van der Waals surface area (Å²) >= 11 is 0. The molecule has 0 bridgehead atoms. The minimum atomic E-state index is -0.933. The lowest BCUT2D eigenvalue weighted by molar-refractivity contribution is -0.150. The van der Waals surface area contributed by atoms with Gasteiger partial charge in [0.2, 0.25) is 0 Å². The number of aromatic nitrogens is 2. The van der Waals surface area contributed by atoms with Crippen molar-refractivity contribution in [3.63, 3.8) is 0 Å². The van der Waals surface area contributed by atoms with Crippen LogP contribution < -0.4 is 0 Å². The maximum Gasteiger partial charge on any atom is 0.310 e. The van der Waals surface area contributed by atoms with E-state index < -0.39 is 23.7 Å². The Morgan fingerprint density at radius 1 is 0.863 bits per heavy atom. The van der Waals surface area contributed by atoms with Crippen molar-refractivity contribution in [2.24, 2.45) is 28.7 Å². The molecule has 1 aromatic heterocycles. The molecule has 6 rings (SSSR count). The lowest BCUT2D eigenvalue weighted by atomic mass is 9.70. The minimum Gasteiger partial charge on any atom is -0.481 e. The first-order chi connectivity index (χ1) is 24.5. The van der Waals surface area contributed by atoms with Crippen LogP contribution in [-0.2, 0) is 21.4 Å². The molecule has 2 heterocycles. The molecule has 0 spiro atoms. The summed E-state index contributed by atoms with van der Waals surface area (Å²) < 4.78 is 0. The van der Waals surface area contributed by atoms with Gasteiger partial charge in [0, 0.05) is 48.6 Å². The summed E-state index contributed by atoms with van der Waals surface area (Å²) in [4.78, 5) is 53.2. The first-order valence-electron chi connectivity index (χ1n) is 18.8. The topological polar surface area (TPSA) is 113 Å². The summed E-state index contributed by atoms with van der Waals surface area (Å²) in [6, 6.07) is 14.9. The van der Waals surface area contributed by atoms with Gasteiger partial charge in [-0.05, 0) is 84.1 Å². The third-order valence-electron chi connectivity index (χ3n) is 11.3. The number of carboxylic acids is 1. The van der Waals surface area contributed by atoms with Crippen molar-refractivity contribution in [2.45, 2.75) is 97.3 Å². The van der Waals surface area contributed by atoms with Crippen LogP contribution in [0.2, 0.25) is 0 Å². The second kappa shape index (κ2) is 15.8. The number of likely N-dealkylation sites (tertiary alicyclic amines) is 1. The van der Waals surface area contributed by atoms with Gasteiger partial charge in [0.05, 0.1) is 5.92 Å². The van der Waals surface area contributed by atoms with Crippen LogP contribution in [-0.4, -0.2) is 56.6 Å². The molecule has 1 aliphatic heterocycles. The molecular formula is C43H52N4O4. The lowest BCUT2D eigenvalue weighted by Gasteiger charge is -2.36. The van der Waals surface area contributed by atoms with E-state index in [1.54, 1.807) is 12.1 Å². The van der Waals surface area contributed by atoms with Gasteiger partial charge in [-0.3, -0.25) is 14.4 Å². The first kappa shape index (κ1) is 36.3. The molecule has 1 atom stereocenters. The second-order valence-electron chi connectivity index (χ2n) is 15.9. The maximum atomic E-state index is 13.5. The molecule has 51 heavy (non-hydrogen) atoms. The minimum absolute atomic E-state index is 0.0626. The Labute approximate surface area is 302 Å². The van der Waals surface area contributed by atoms with Gasteiger partial charge in [-0.15, -0.1) is 0 Å². The predicted molar refractivity (Wildman–Crippen MR) is 201 cm³/mol. The van der Waals surface area contributed by atoms with E-state index in [0.29, 0.717) is 11.4 Å². The van der Waals surface area contributed by atoms with E-state index in [-0.39, 0.29) is 30.6 Å². The molecule has 268 valence electrons. The number of carbonyl (C=O) groups is 3. The Kier molecular flexibility index (Phi) is 11.3. The molecule has 0 radical (unpaired) electrons. The Hall–Kier alpha value is -4.46. The van der Waals surface area contributed by atoms with Gasteiger partial charge < -0.3 is 10.0 Å². The summed E-state index contributed by atoms with van der Waals surface area (Å²) in [7, 11) is 0. The zero-order valence-electron chi connectivity index (χ0n) is 30.6. The van der Waals surface area contributed by atoms with Crippen LogP contribution in [0.5, 0.6) is 0 Å². The fraction of sp³-hybridized carbons (Fsp3) is 0.488. The van der Waals surface area contributed by atoms with E-state index in [4.69, 9.17) is 9.97 Å². The Morgan fingerprint density at radius 2 is 1.53 bits per heavy atom. The fourth-order valence-corrected chi connectivity index (χ4v) is 7.96. The van der Waals surface area contributed by atoms with E-state index in [9.17, 15) is 19.5 Å². The van der Waals surface area contributed by atoms with Crippen molar-refractivity contribution in [1.82, 2.24) is 14.9 Å². The van der Waals surface area contributed by atoms with Gasteiger partial charge in [0.15, 0.2) is 5.82 Å². The largest absolute Gasteiger partial charge is 0.481 e. The van der Waals surface area contributed by atoms with Crippen molar-refractivity contribution in [3.8, 4) is 11.4 Å². The monoisotopic (exact) mass is 688 g/mol. The van der Waals surface area contributed by atoms with Crippen molar-refractivity contribution in [1.29, 1.82) is 0 Å². The summed E-state index contributed by atoms with van der Waals surface area (Å²) in [5, 5.41) is 9.32. The highest BCUT2D eigenvalue weighted by Crippen LogP contribution is 2.42. The van der Waals surface area contributed by atoms with Gasteiger partial charge in [-0.2, -0.15) is 0 Å². The quantitative estimate of drug-likeness (QED) is 0.214. The molecule has 1 unspecified atom stereocenters. The zero-order valence-corrected chi connectivity index (χ0v) is 30.6. The van der Waals surface area contributed by atoms with E-state index >= 15 is 0 Å². The van der Waals surface area contributed by atoms with Crippen molar-refractivity contribution < 1.29 is 19.5 Å². The molecule has 2 fully saturated rings. The van der Waals surface area contributed by atoms with Crippen LogP contribution in [0, 0.1) is 23.7 Å². The number of carboxylic acid groups (broad SMARTS) is 1. The number of hydrogen-bond donors (Lipinski definition) is 1. The van der Waals surface area contributed by atoms with Gasteiger partial charge in [-0.25, -0.2) is 15.0 Å². The standard InChI is InChI=1S/C43H52N4O4/c1-5-6-28-7-11-30(12-8-28)31-15-17-32(18-16-31)35-24-44-39(45-25-35)33-13-9-29(10-14-33)23-38(41(49)47-26-36(27-47)42(50)51)46-40(48)34-19-21-37(22-20-34)43(2,3)4/h9-10,13-14,17,19-22,24-25,28,30-31,36H,5-8,11-12,15-16,18,23,26-27H2,1-4H3,(H,50,51). The number of nitrogens with zero attached hydrogens (tertiary/aromatic N) is 4. The number of carbonyl (C=O) groups excluding carboxylic acids is 2. The molecule has 1 saturated carbocycles. The highest BCUT2D eigenvalue weighted by Gasteiger charge is 2.37. The first-order valence-corrected chi connectivity index (χ1v) is 18.8. The van der Waals surface area contributed by atoms with E-state index in [2.05, 4.69) is 38.8 Å². The summed E-state index contributed by atoms with van der Waals surface area (Å²) in [5.41, 5.74) is 5.60. The Bertz CT molecular complexity index is 1760. The summed E-state index contributed by atoms with van der Waals surface area (Å²) in [5.74, 6) is 0.807. The van der Waals surface area contributed by atoms with Crippen molar-refractivity contribution in [2.75, 3.05) is 13.1 Å². The third kappa shape index (κ3) is 8.89. The van der Waals surface area contributed by atoms with Gasteiger partial charge in [0.1, 0.15) is 5.71 Å². The van der Waals surface area contributed by atoms with Gasteiger partial charge in [0.25, 0.3) is 11.8 Å². The van der Waals surface area contributed by atoms with Crippen LogP contribution in [0.1, 0.15) is 113 Å². The summed E-state index contributed by atoms with van der Waals surface area (Å²) in [6.07, 6.45) is 18.2. The lowest BCUT2D eigenvalue weighted by Crippen LogP contribution is -2.55. The Morgan fingerprint density at radius 3 is 2.10 bits per heavy atom. The normalized spacial score (nSPS) is 21.5. The average Bonchev–Trinajstić information content (AvgIpc) is 3.11. The number of benzene rings is 2. The molecule has 2 aliphatic carbocycles. The van der Waals surface area contributed by atoms with Crippen LogP contribution in [0.25, 0.3) is 17.0 Å². The summed E-state index contributed by atoms with van der Waals surface area (Å²) in [6.45, 7) is 8.82. The van der Waals surface area contributed by atoms with E-state index in [0.717, 1.165) is 52.8 Å². The molecule has 2 amide bonds. The third-order valence-corrected chi connectivity index (χ3v) is 11.3. The second-order valence-corrected chi connectivity index (χ2v) is 15.9. The molecule has 1 N–H and O–H groups in total. The smallest absolute Gasteiger partial charge is 0.310 e. The van der Waals surface area contributed by atoms with E-state index in [1.165, 1.54) is 55.4 Å². The van der Waals surface area contributed by atoms with Crippen LogP contribution in [0.15, 0.2) is 72.0 Å². The average molecular weight is 689 g/mol. The highest BCUT2D eigenvalue weighted by molar-refractivity contribution is 6.41. The molecule has 2 aromatic carbocycles. The maximum absolute atomic E-state index is 13.5. The molecule has 8 heteroatoms. The predicted octanol–water partition coefficient (Wildman–Crippen LogP) is 8.60. The molecule has 8 nitrogen and oxygen atoms in total. The van der Waals surface area contributed by atoms with Crippen LogP contribution in [0.4, 0.5) is 0 Å². The van der Waals surface area contributed by atoms with E-state index in [1.807, 2.05) is 48.8 Å². The highest BCUT2D eigenvalue weighted by atomic mass is 16.4. The number of amides is 2. The number of hydrogen-bond acceptors (Lipinski definition) is 5. The molecule has 1 saturated heterocycles. The Balaban J connectivity index is 1.11. The fourth-order valence-electron chi connectivity index (χ4n) is 7.96. The number of allylic oxidation sites excluding steroid dienone is 2. The number of aliphatic carboxylic acids is 1. The zero-order chi connectivity index (χ0) is 36.1. The van der Waals surface area contributed by atoms with Crippen molar-refractivity contribution in [3.05, 3.63) is 89.3 Å². The SMILES string of the molecule is CCCC1CCC(C2CC=C(c3cnc(-c4ccc(CC(=NC(=O)c5ccc(C(C)(C)C)cc5)C(=O)N5CC(C(=O)O)C5)cc4)nc3)CC2)CC1. The molecule has 3 aliphatic rings. The van der Waals surface area contributed by atoms with Gasteiger partial charge >= 0.3 is 5.97 Å².